The van der Waals surface area contributed by atoms with Crippen LogP contribution in [0.2, 0.25) is 5.02 Å². The van der Waals surface area contributed by atoms with Gasteiger partial charge in [-0.1, -0.05) is 11.6 Å². The summed E-state index contributed by atoms with van der Waals surface area (Å²) in [4.78, 5) is 31.7. The number of fused-ring (bicyclic) bond motifs is 3. The number of anilines is 1. The van der Waals surface area contributed by atoms with Gasteiger partial charge in [0.1, 0.15) is 0 Å². The molecule has 1 aliphatic carbocycles. The largest absolute Gasteiger partial charge is 0.335 e. The van der Waals surface area contributed by atoms with Crippen LogP contribution in [0.1, 0.15) is 31.3 Å². The lowest BCUT2D eigenvalue weighted by atomic mass is 9.94. The van der Waals surface area contributed by atoms with Gasteiger partial charge in [-0.2, -0.15) is 5.10 Å². The number of nitrogens with zero attached hydrogens (tertiary/aromatic N) is 4. The standard InChI is InChI=1S/C28H26ClN5O2S/c1-32-13-15-33(16-14-32)28(36)25-23-10-11-24-22(12-17-37-24)26(23)34(31-25)21-8-6-20(7-9-21)30-27(35)18-2-4-19(29)5-3-18/h2-9,12,17H,10-11,13-16H2,1H3,(H,30,35). The number of rotatable bonds is 4. The Morgan fingerprint density at radius 2 is 1.68 bits per heavy atom. The van der Waals surface area contributed by atoms with E-state index >= 15 is 0 Å². The summed E-state index contributed by atoms with van der Waals surface area (Å²) in [6.45, 7) is 3.16. The highest BCUT2D eigenvalue weighted by molar-refractivity contribution is 7.10. The molecule has 0 bridgehead atoms. The Morgan fingerprint density at radius 3 is 2.41 bits per heavy atom. The molecule has 1 saturated heterocycles. The summed E-state index contributed by atoms with van der Waals surface area (Å²) in [5.74, 6) is -0.197. The van der Waals surface area contributed by atoms with Gasteiger partial charge in [-0.25, -0.2) is 4.68 Å². The maximum atomic E-state index is 13.6. The van der Waals surface area contributed by atoms with E-state index in [1.54, 1.807) is 35.6 Å². The molecule has 0 spiro atoms. The number of amides is 2. The lowest BCUT2D eigenvalue weighted by Gasteiger charge is -2.32. The average molecular weight is 532 g/mol. The third kappa shape index (κ3) is 4.56. The Bertz CT molecular complexity index is 1470. The highest BCUT2D eigenvalue weighted by Crippen LogP contribution is 2.40. The van der Waals surface area contributed by atoms with E-state index in [1.165, 1.54) is 4.88 Å². The Labute approximate surface area is 224 Å². The number of benzene rings is 2. The van der Waals surface area contributed by atoms with E-state index in [2.05, 4.69) is 28.7 Å². The molecular weight excluding hydrogens is 506 g/mol. The van der Waals surface area contributed by atoms with Gasteiger partial charge in [0.15, 0.2) is 5.69 Å². The van der Waals surface area contributed by atoms with Crippen LogP contribution in [0.4, 0.5) is 5.69 Å². The highest BCUT2D eigenvalue weighted by Gasteiger charge is 2.32. The number of carbonyl (C=O) groups is 2. The van der Waals surface area contributed by atoms with Crippen molar-refractivity contribution in [1.29, 1.82) is 0 Å². The van der Waals surface area contributed by atoms with Crippen molar-refractivity contribution in [2.75, 3.05) is 38.5 Å². The number of hydrogen-bond donors (Lipinski definition) is 1. The van der Waals surface area contributed by atoms with Crippen LogP contribution in [0, 0.1) is 0 Å². The fourth-order valence-electron chi connectivity index (χ4n) is 4.96. The van der Waals surface area contributed by atoms with E-state index in [1.807, 2.05) is 33.8 Å². The van der Waals surface area contributed by atoms with Crippen LogP contribution < -0.4 is 5.32 Å². The van der Waals surface area contributed by atoms with Crippen LogP contribution in [0.15, 0.2) is 60.0 Å². The molecule has 2 aromatic carbocycles. The maximum absolute atomic E-state index is 13.6. The van der Waals surface area contributed by atoms with E-state index in [9.17, 15) is 9.59 Å². The van der Waals surface area contributed by atoms with Gasteiger partial charge in [0, 0.05) is 58.5 Å². The topological polar surface area (TPSA) is 70.5 Å². The molecule has 9 heteroatoms. The van der Waals surface area contributed by atoms with Crippen LogP contribution >= 0.6 is 22.9 Å². The van der Waals surface area contributed by atoms with Crippen molar-refractivity contribution < 1.29 is 9.59 Å². The second-order valence-electron chi connectivity index (χ2n) is 9.45. The molecule has 37 heavy (non-hydrogen) atoms. The fraction of sp³-hybridized carbons (Fsp3) is 0.250. The Morgan fingerprint density at radius 1 is 0.946 bits per heavy atom. The first-order valence-electron chi connectivity index (χ1n) is 12.3. The van der Waals surface area contributed by atoms with Gasteiger partial charge in [0.25, 0.3) is 11.8 Å². The second-order valence-corrected chi connectivity index (χ2v) is 10.9. The number of thiophene rings is 1. The number of likely N-dealkylation sites (N-methyl/N-ethyl adjacent to an activating group) is 1. The quantitative estimate of drug-likeness (QED) is 0.402. The van der Waals surface area contributed by atoms with Crippen LogP contribution in [0.25, 0.3) is 16.9 Å². The molecule has 188 valence electrons. The van der Waals surface area contributed by atoms with Gasteiger partial charge >= 0.3 is 0 Å². The lowest BCUT2D eigenvalue weighted by Crippen LogP contribution is -2.47. The zero-order chi connectivity index (χ0) is 25.5. The van der Waals surface area contributed by atoms with Crippen LogP contribution in [-0.2, 0) is 12.8 Å². The van der Waals surface area contributed by atoms with E-state index < -0.39 is 0 Å². The molecule has 2 amide bonds. The van der Waals surface area contributed by atoms with Gasteiger partial charge in [-0.3, -0.25) is 9.59 Å². The first kappa shape index (κ1) is 23.9. The zero-order valence-corrected chi connectivity index (χ0v) is 22.0. The minimum atomic E-state index is -0.205. The molecular formula is C28H26ClN5O2S. The molecule has 0 saturated carbocycles. The normalized spacial score (nSPS) is 15.2. The van der Waals surface area contributed by atoms with Crippen molar-refractivity contribution in [2.24, 2.45) is 0 Å². The summed E-state index contributed by atoms with van der Waals surface area (Å²) in [6.07, 6.45) is 1.72. The lowest BCUT2D eigenvalue weighted by molar-refractivity contribution is 0.0656. The van der Waals surface area contributed by atoms with Crippen LogP contribution in [-0.4, -0.2) is 64.6 Å². The molecule has 3 heterocycles. The number of nitrogens with one attached hydrogen (secondary N) is 1. The first-order valence-corrected chi connectivity index (χ1v) is 13.6. The number of carbonyl (C=O) groups excluding carboxylic acids is 2. The van der Waals surface area contributed by atoms with Crippen molar-refractivity contribution in [2.45, 2.75) is 12.8 Å². The van der Waals surface area contributed by atoms with Crippen molar-refractivity contribution in [3.8, 4) is 16.9 Å². The zero-order valence-electron chi connectivity index (χ0n) is 20.4. The molecule has 6 rings (SSSR count). The number of aromatic nitrogens is 2. The summed E-state index contributed by atoms with van der Waals surface area (Å²) in [6, 6.07) is 16.5. The maximum Gasteiger partial charge on any atom is 0.274 e. The Balaban J connectivity index is 1.32. The SMILES string of the molecule is CN1CCN(C(=O)c2nn(-c3ccc(NC(=O)c4ccc(Cl)cc4)cc3)c3c2CCc2sccc2-3)CC1. The Kier molecular flexibility index (Phi) is 6.32. The monoisotopic (exact) mass is 531 g/mol. The second kappa shape index (κ2) is 9.78. The smallest absolute Gasteiger partial charge is 0.274 e. The molecule has 7 nitrogen and oxygen atoms in total. The molecule has 0 radical (unpaired) electrons. The van der Waals surface area contributed by atoms with Gasteiger partial charge in [-0.05, 0) is 79.9 Å². The predicted octanol–water partition coefficient (Wildman–Crippen LogP) is 4.99. The van der Waals surface area contributed by atoms with E-state index in [4.69, 9.17) is 16.7 Å². The number of piperazine rings is 1. The minimum Gasteiger partial charge on any atom is -0.335 e. The summed E-state index contributed by atoms with van der Waals surface area (Å²) in [7, 11) is 2.08. The van der Waals surface area contributed by atoms with Gasteiger partial charge < -0.3 is 15.1 Å². The fourth-order valence-corrected chi connectivity index (χ4v) is 5.96. The summed E-state index contributed by atoms with van der Waals surface area (Å²) < 4.78 is 1.90. The molecule has 1 N–H and O–H groups in total. The molecule has 0 atom stereocenters. The molecule has 2 aromatic heterocycles. The van der Waals surface area contributed by atoms with E-state index in [-0.39, 0.29) is 11.8 Å². The van der Waals surface area contributed by atoms with Crippen molar-refractivity contribution in [3.05, 3.63) is 86.7 Å². The number of hydrogen-bond acceptors (Lipinski definition) is 5. The third-order valence-electron chi connectivity index (χ3n) is 7.06. The summed E-state index contributed by atoms with van der Waals surface area (Å²) >= 11 is 7.68. The third-order valence-corrected chi connectivity index (χ3v) is 8.29. The molecule has 1 aliphatic heterocycles. The van der Waals surface area contributed by atoms with Crippen LogP contribution in [0.3, 0.4) is 0 Å². The van der Waals surface area contributed by atoms with Gasteiger partial charge in [-0.15, -0.1) is 11.3 Å². The first-order chi connectivity index (χ1) is 18.0. The predicted molar refractivity (Wildman–Crippen MR) is 147 cm³/mol. The van der Waals surface area contributed by atoms with Gasteiger partial charge in [0.2, 0.25) is 0 Å². The molecule has 2 aliphatic rings. The van der Waals surface area contributed by atoms with Crippen molar-refractivity contribution >= 4 is 40.4 Å². The number of halogens is 1. The molecule has 4 aromatic rings. The van der Waals surface area contributed by atoms with E-state index in [0.29, 0.717) is 35.1 Å². The van der Waals surface area contributed by atoms with Crippen LogP contribution in [0.5, 0.6) is 0 Å². The summed E-state index contributed by atoms with van der Waals surface area (Å²) in [5.41, 5.74) is 5.78. The highest BCUT2D eigenvalue weighted by atomic mass is 35.5. The summed E-state index contributed by atoms with van der Waals surface area (Å²) in [5, 5.41) is 10.5. The van der Waals surface area contributed by atoms with Crippen molar-refractivity contribution in [3.63, 3.8) is 0 Å². The van der Waals surface area contributed by atoms with Gasteiger partial charge in [0.05, 0.1) is 11.4 Å². The molecule has 1 fully saturated rings. The average Bonchev–Trinajstić information content (AvgIpc) is 3.54. The Hall–Kier alpha value is -3.46. The number of aryl methyl sites for hydroxylation is 1. The molecule has 0 unspecified atom stereocenters. The minimum absolute atomic E-state index is 0.00799. The van der Waals surface area contributed by atoms with E-state index in [0.717, 1.165) is 48.4 Å². The van der Waals surface area contributed by atoms with Crippen molar-refractivity contribution in [1.82, 2.24) is 19.6 Å².